The summed E-state index contributed by atoms with van der Waals surface area (Å²) in [6.45, 7) is 3.40. The molecule has 20 heavy (non-hydrogen) atoms. The molecule has 0 unspecified atom stereocenters. The molecule has 2 fully saturated rings. The van der Waals surface area contributed by atoms with Crippen LogP contribution in [-0.4, -0.2) is 12.6 Å². The molecule has 0 spiro atoms. The van der Waals surface area contributed by atoms with Crippen molar-refractivity contribution in [3.05, 3.63) is 29.8 Å². The molecule has 1 aromatic rings. The smallest absolute Gasteiger partial charge is 0.0417 e. The molecular weight excluding hydrogens is 244 g/mol. The Kier molecular flexibility index (Phi) is 4.30. The van der Waals surface area contributed by atoms with Crippen molar-refractivity contribution in [1.29, 1.82) is 0 Å². The molecule has 2 aliphatic rings. The number of benzene rings is 1. The molecule has 0 aromatic heterocycles. The molecule has 1 aromatic carbocycles. The van der Waals surface area contributed by atoms with Crippen LogP contribution in [0.15, 0.2) is 24.3 Å². The predicted octanol–water partition coefficient (Wildman–Crippen LogP) is 4.26. The van der Waals surface area contributed by atoms with Crippen molar-refractivity contribution in [3.63, 3.8) is 0 Å². The van der Waals surface area contributed by atoms with Crippen LogP contribution in [0.1, 0.15) is 63.5 Å². The van der Waals surface area contributed by atoms with Gasteiger partial charge in [0.1, 0.15) is 0 Å². The minimum absolute atomic E-state index is 0.176. The maximum absolute atomic E-state index is 6.34. The van der Waals surface area contributed by atoms with Crippen LogP contribution >= 0.6 is 0 Å². The number of nitrogens with zero attached hydrogens (tertiary/aromatic N) is 1. The van der Waals surface area contributed by atoms with Gasteiger partial charge < -0.3 is 10.6 Å². The highest BCUT2D eigenvalue weighted by Crippen LogP contribution is 2.39. The number of piperidine rings is 1. The van der Waals surface area contributed by atoms with Crippen molar-refractivity contribution in [3.8, 4) is 0 Å². The summed E-state index contributed by atoms with van der Waals surface area (Å²) in [7, 11) is 0. The van der Waals surface area contributed by atoms with Crippen LogP contribution < -0.4 is 10.6 Å². The average molecular weight is 272 g/mol. The van der Waals surface area contributed by atoms with E-state index in [1.807, 2.05) is 0 Å². The van der Waals surface area contributed by atoms with Gasteiger partial charge in [-0.15, -0.1) is 0 Å². The van der Waals surface area contributed by atoms with Gasteiger partial charge in [-0.1, -0.05) is 38.0 Å². The average Bonchev–Trinajstić information content (AvgIpc) is 2.53. The highest BCUT2D eigenvalue weighted by Gasteiger charge is 2.34. The zero-order chi connectivity index (χ0) is 13.9. The van der Waals surface area contributed by atoms with E-state index in [1.54, 1.807) is 0 Å². The standard InChI is InChI=1S/C18H28N2/c1-2-16(19)15-10-4-6-12-18(15)20-13-7-9-14-8-3-5-11-17(14)20/h4,6,10,12,14,16-17H,2-3,5,7-9,11,13,19H2,1H3/t14-,16+,17-/m1/s1. The third kappa shape index (κ3) is 2.58. The molecule has 0 bridgehead atoms. The lowest BCUT2D eigenvalue weighted by Gasteiger charge is -2.46. The Morgan fingerprint density at radius 1 is 1.15 bits per heavy atom. The van der Waals surface area contributed by atoms with Gasteiger partial charge in [0, 0.05) is 24.3 Å². The highest BCUT2D eigenvalue weighted by atomic mass is 15.2. The molecule has 1 saturated heterocycles. The second kappa shape index (κ2) is 6.17. The zero-order valence-corrected chi connectivity index (χ0v) is 12.7. The van der Waals surface area contributed by atoms with E-state index in [1.165, 1.54) is 56.3 Å². The number of anilines is 1. The Bertz CT molecular complexity index is 441. The second-order valence-electron chi connectivity index (χ2n) is 6.52. The van der Waals surface area contributed by atoms with E-state index < -0.39 is 0 Å². The Morgan fingerprint density at radius 3 is 2.75 bits per heavy atom. The van der Waals surface area contributed by atoms with Crippen molar-refractivity contribution >= 4 is 5.69 Å². The van der Waals surface area contributed by atoms with Crippen LogP contribution in [0.25, 0.3) is 0 Å². The quantitative estimate of drug-likeness (QED) is 0.891. The van der Waals surface area contributed by atoms with E-state index >= 15 is 0 Å². The van der Waals surface area contributed by atoms with Crippen LogP contribution in [0, 0.1) is 5.92 Å². The van der Waals surface area contributed by atoms with E-state index in [-0.39, 0.29) is 6.04 Å². The zero-order valence-electron chi connectivity index (χ0n) is 12.7. The molecule has 2 N–H and O–H groups in total. The summed E-state index contributed by atoms with van der Waals surface area (Å²) in [5, 5.41) is 0. The molecule has 1 aliphatic carbocycles. The van der Waals surface area contributed by atoms with Crippen molar-refractivity contribution in [2.75, 3.05) is 11.4 Å². The maximum Gasteiger partial charge on any atom is 0.0417 e. The van der Waals surface area contributed by atoms with Gasteiger partial charge in [0.25, 0.3) is 0 Å². The number of hydrogen-bond donors (Lipinski definition) is 1. The van der Waals surface area contributed by atoms with Gasteiger partial charge in [-0.05, 0) is 49.7 Å². The van der Waals surface area contributed by atoms with Crippen molar-refractivity contribution in [1.82, 2.24) is 0 Å². The first-order valence-electron chi connectivity index (χ1n) is 8.42. The fourth-order valence-corrected chi connectivity index (χ4v) is 4.21. The molecule has 3 rings (SSSR count). The Labute approximate surface area is 123 Å². The maximum atomic E-state index is 6.34. The third-order valence-corrected chi connectivity index (χ3v) is 5.33. The summed E-state index contributed by atoms with van der Waals surface area (Å²) >= 11 is 0. The first-order chi connectivity index (χ1) is 9.81. The van der Waals surface area contributed by atoms with Crippen LogP contribution in [0.3, 0.4) is 0 Å². The number of fused-ring (bicyclic) bond motifs is 1. The summed E-state index contributed by atoms with van der Waals surface area (Å²) < 4.78 is 0. The van der Waals surface area contributed by atoms with Gasteiger partial charge in [0.05, 0.1) is 0 Å². The first-order valence-corrected chi connectivity index (χ1v) is 8.42. The van der Waals surface area contributed by atoms with Gasteiger partial charge in [0.2, 0.25) is 0 Å². The topological polar surface area (TPSA) is 29.3 Å². The molecule has 110 valence electrons. The number of hydrogen-bond acceptors (Lipinski definition) is 2. The first kappa shape index (κ1) is 13.9. The monoisotopic (exact) mass is 272 g/mol. The molecule has 0 amide bonds. The lowest BCUT2D eigenvalue weighted by atomic mass is 9.78. The number of rotatable bonds is 3. The summed E-state index contributed by atoms with van der Waals surface area (Å²) in [6.07, 6.45) is 9.44. The van der Waals surface area contributed by atoms with E-state index in [4.69, 9.17) is 5.73 Å². The van der Waals surface area contributed by atoms with E-state index in [9.17, 15) is 0 Å². The van der Waals surface area contributed by atoms with Crippen LogP contribution in [0.4, 0.5) is 5.69 Å². The third-order valence-electron chi connectivity index (χ3n) is 5.33. The van der Waals surface area contributed by atoms with E-state index in [0.717, 1.165) is 18.4 Å². The summed E-state index contributed by atoms with van der Waals surface area (Å²) in [5.41, 5.74) is 9.11. The summed E-state index contributed by atoms with van der Waals surface area (Å²) in [6, 6.07) is 9.78. The minimum Gasteiger partial charge on any atom is -0.368 e. The van der Waals surface area contributed by atoms with Gasteiger partial charge >= 0.3 is 0 Å². The van der Waals surface area contributed by atoms with Gasteiger partial charge in [0.15, 0.2) is 0 Å². The normalized spacial score (nSPS) is 28.0. The predicted molar refractivity (Wildman–Crippen MR) is 86.0 cm³/mol. The van der Waals surface area contributed by atoms with E-state index in [0.29, 0.717) is 0 Å². The fraction of sp³-hybridized carbons (Fsp3) is 0.667. The fourth-order valence-electron chi connectivity index (χ4n) is 4.21. The SMILES string of the molecule is CC[C@H](N)c1ccccc1N1CCC[C@H]2CCCC[C@H]21. The number of nitrogens with two attached hydrogens (primary N) is 1. The molecule has 1 aliphatic heterocycles. The highest BCUT2D eigenvalue weighted by molar-refractivity contribution is 5.56. The molecule has 2 heteroatoms. The lowest BCUT2D eigenvalue weighted by molar-refractivity contribution is 0.243. The summed E-state index contributed by atoms with van der Waals surface area (Å²) in [4.78, 5) is 2.69. The van der Waals surface area contributed by atoms with Crippen molar-refractivity contribution < 1.29 is 0 Å². The lowest BCUT2D eigenvalue weighted by Crippen LogP contribution is -2.47. The van der Waals surface area contributed by atoms with Gasteiger partial charge in [-0.2, -0.15) is 0 Å². The molecule has 1 saturated carbocycles. The van der Waals surface area contributed by atoms with E-state index in [2.05, 4.69) is 36.1 Å². The molecular formula is C18H28N2. The van der Waals surface area contributed by atoms with Crippen LogP contribution in [-0.2, 0) is 0 Å². The van der Waals surface area contributed by atoms with Crippen molar-refractivity contribution in [2.24, 2.45) is 11.7 Å². The minimum atomic E-state index is 0.176. The van der Waals surface area contributed by atoms with Crippen LogP contribution in [0.2, 0.25) is 0 Å². The summed E-state index contributed by atoms with van der Waals surface area (Å²) in [5.74, 6) is 0.920. The molecule has 0 radical (unpaired) electrons. The van der Waals surface area contributed by atoms with Crippen LogP contribution in [0.5, 0.6) is 0 Å². The Morgan fingerprint density at radius 2 is 1.90 bits per heavy atom. The Hall–Kier alpha value is -1.02. The Balaban J connectivity index is 1.91. The molecule has 3 atom stereocenters. The number of para-hydroxylation sites is 1. The van der Waals surface area contributed by atoms with Gasteiger partial charge in [-0.25, -0.2) is 0 Å². The van der Waals surface area contributed by atoms with Gasteiger partial charge in [-0.3, -0.25) is 0 Å². The molecule has 1 heterocycles. The molecule has 2 nitrogen and oxygen atoms in total. The largest absolute Gasteiger partial charge is 0.368 e. The van der Waals surface area contributed by atoms with Crippen molar-refractivity contribution in [2.45, 2.75) is 64.0 Å². The second-order valence-corrected chi connectivity index (χ2v) is 6.52.